The molecule has 96 valence electrons. The van der Waals surface area contributed by atoms with E-state index >= 15 is 0 Å². The third-order valence-corrected chi connectivity index (χ3v) is 5.05. The molecule has 0 bridgehead atoms. The number of rotatable bonds is 4. The van der Waals surface area contributed by atoms with Crippen molar-refractivity contribution in [3.63, 3.8) is 0 Å². The van der Waals surface area contributed by atoms with Crippen molar-refractivity contribution in [2.24, 2.45) is 0 Å². The van der Waals surface area contributed by atoms with E-state index in [4.69, 9.17) is 0 Å². The summed E-state index contributed by atoms with van der Waals surface area (Å²) in [4.78, 5) is 0.300. The maximum absolute atomic E-state index is 12.1. The summed E-state index contributed by atoms with van der Waals surface area (Å²) >= 11 is 1.30. The monoisotopic (exact) mass is 283 g/mol. The molecule has 18 heavy (non-hydrogen) atoms. The van der Waals surface area contributed by atoms with Crippen LogP contribution < -0.4 is 5.32 Å². The fraction of sp³-hybridized carbons (Fsp3) is 0.273. The van der Waals surface area contributed by atoms with Crippen LogP contribution in [0.15, 0.2) is 29.2 Å². The lowest BCUT2D eigenvalue weighted by molar-refractivity contribution is 0.595. The normalized spacial score (nSPS) is 11.4. The Morgan fingerprint density at radius 2 is 1.89 bits per heavy atom. The lowest BCUT2D eigenvalue weighted by atomic mass is 10.3. The van der Waals surface area contributed by atoms with Crippen molar-refractivity contribution in [1.82, 2.24) is 10.2 Å². The van der Waals surface area contributed by atoms with Crippen molar-refractivity contribution in [3.8, 4) is 0 Å². The summed E-state index contributed by atoms with van der Waals surface area (Å²) < 4.78 is 24.3. The van der Waals surface area contributed by atoms with Gasteiger partial charge < -0.3 is 5.32 Å². The number of benzene rings is 1. The van der Waals surface area contributed by atoms with Crippen LogP contribution in [-0.4, -0.2) is 25.7 Å². The minimum absolute atomic E-state index is 0.0998. The summed E-state index contributed by atoms with van der Waals surface area (Å²) in [6.07, 6.45) is 0. The lowest BCUT2D eigenvalue weighted by Gasteiger charge is -2.04. The second-order valence-electron chi connectivity index (χ2n) is 3.75. The number of nitrogens with one attached hydrogen (secondary N) is 1. The van der Waals surface area contributed by atoms with E-state index in [-0.39, 0.29) is 5.75 Å². The maximum atomic E-state index is 12.1. The van der Waals surface area contributed by atoms with Gasteiger partial charge >= 0.3 is 0 Å². The van der Waals surface area contributed by atoms with Crippen molar-refractivity contribution in [3.05, 3.63) is 34.3 Å². The van der Waals surface area contributed by atoms with Gasteiger partial charge in [-0.05, 0) is 31.2 Å². The predicted molar refractivity (Wildman–Crippen MR) is 71.5 cm³/mol. The molecule has 1 aromatic heterocycles. The van der Waals surface area contributed by atoms with E-state index in [1.165, 1.54) is 11.3 Å². The first-order chi connectivity index (χ1) is 8.51. The standard InChI is InChI=1S/C11H13N3O2S2/c1-8-13-14-11(17-8)7-18(15,16)10-5-3-9(12-2)4-6-10/h3-6,12H,7H2,1-2H3. The molecular formula is C11H13N3O2S2. The van der Waals surface area contributed by atoms with Crippen LogP contribution in [0, 0.1) is 6.92 Å². The molecule has 1 heterocycles. The molecular weight excluding hydrogens is 270 g/mol. The summed E-state index contributed by atoms with van der Waals surface area (Å²) in [5, 5.41) is 11.9. The van der Waals surface area contributed by atoms with Crippen molar-refractivity contribution >= 4 is 26.9 Å². The smallest absolute Gasteiger partial charge is 0.184 e. The van der Waals surface area contributed by atoms with E-state index in [0.717, 1.165) is 10.7 Å². The van der Waals surface area contributed by atoms with E-state index in [9.17, 15) is 8.42 Å². The van der Waals surface area contributed by atoms with Crippen LogP contribution in [0.3, 0.4) is 0 Å². The van der Waals surface area contributed by atoms with Gasteiger partial charge in [0.15, 0.2) is 9.84 Å². The Balaban J connectivity index is 2.24. The van der Waals surface area contributed by atoms with Gasteiger partial charge in [-0.2, -0.15) is 0 Å². The molecule has 0 aliphatic carbocycles. The fourth-order valence-corrected chi connectivity index (χ4v) is 3.78. The Hall–Kier alpha value is -1.47. The highest BCUT2D eigenvalue weighted by Crippen LogP contribution is 2.20. The van der Waals surface area contributed by atoms with Gasteiger partial charge in [0.1, 0.15) is 15.8 Å². The molecule has 0 saturated carbocycles. The Labute approximate surface area is 110 Å². The Bertz CT molecular complexity index is 633. The summed E-state index contributed by atoms with van der Waals surface area (Å²) in [5.41, 5.74) is 0.876. The van der Waals surface area contributed by atoms with Crippen LogP contribution in [0.1, 0.15) is 10.0 Å². The highest BCUT2D eigenvalue weighted by Gasteiger charge is 2.17. The second-order valence-corrected chi connectivity index (χ2v) is 7.00. The maximum Gasteiger partial charge on any atom is 0.184 e. The van der Waals surface area contributed by atoms with Gasteiger partial charge in [0.2, 0.25) is 0 Å². The first kappa shape index (κ1) is 13.0. The average molecular weight is 283 g/mol. The van der Waals surface area contributed by atoms with Crippen LogP contribution in [0.25, 0.3) is 0 Å². The van der Waals surface area contributed by atoms with E-state index in [1.807, 2.05) is 0 Å². The number of hydrogen-bond acceptors (Lipinski definition) is 6. The van der Waals surface area contributed by atoms with Crippen molar-refractivity contribution in [2.75, 3.05) is 12.4 Å². The average Bonchev–Trinajstić information content (AvgIpc) is 2.74. The molecule has 0 radical (unpaired) electrons. The highest BCUT2D eigenvalue weighted by molar-refractivity contribution is 7.90. The van der Waals surface area contributed by atoms with Gasteiger partial charge in [0.05, 0.1) is 4.90 Å². The summed E-state index contributed by atoms with van der Waals surface area (Å²) in [6.45, 7) is 1.80. The molecule has 1 N–H and O–H groups in total. The van der Waals surface area contributed by atoms with Gasteiger partial charge in [-0.1, -0.05) is 0 Å². The number of sulfone groups is 1. The van der Waals surface area contributed by atoms with E-state index in [0.29, 0.717) is 9.90 Å². The van der Waals surface area contributed by atoms with Gasteiger partial charge in [-0.15, -0.1) is 21.5 Å². The number of aryl methyl sites for hydroxylation is 1. The minimum atomic E-state index is -3.34. The SMILES string of the molecule is CNc1ccc(S(=O)(=O)Cc2nnc(C)s2)cc1. The van der Waals surface area contributed by atoms with Crippen LogP contribution in [0.2, 0.25) is 0 Å². The molecule has 2 aromatic rings. The van der Waals surface area contributed by atoms with Gasteiger partial charge in [0, 0.05) is 12.7 Å². The molecule has 0 atom stereocenters. The Morgan fingerprint density at radius 3 is 2.39 bits per heavy atom. The third kappa shape index (κ3) is 2.85. The van der Waals surface area contributed by atoms with Crippen molar-refractivity contribution in [2.45, 2.75) is 17.6 Å². The number of anilines is 1. The summed E-state index contributed by atoms with van der Waals surface area (Å²) in [7, 11) is -1.56. The molecule has 0 aliphatic heterocycles. The molecule has 1 aromatic carbocycles. The summed E-state index contributed by atoms with van der Waals surface area (Å²) in [6, 6.07) is 6.65. The highest BCUT2D eigenvalue weighted by atomic mass is 32.2. The molecule has 0 amide bonds. The minimum Gasteiger partial charge on any atom is -0.388 e. The predicted octanol–water partition coefficient (Wildman–Crippen LogP) is 1.86. The van der Waals surface area contributed by atoms with Crippen LogP contribution in [0.5, 0.6) is 0 Å². The molecule has 7 heteroatoms. The lowest BCUT2D eigenvalue weighted by Crippen LogP contribution is -2.05. The zero-order valence-corrected chi connectivity index (χ0v) is 11.7. The topological polar surface area (TPSA) is 72.0 Å². The molecule has 2 rings (SSSR count). The molecule has 0 fully saturated rings. The van der Waals surface area contributed by atoms with Crippen LogP contribution in [-0.2, 0) is 15.6 Å². The fourth-order valence-electron chi connectivity index (χ4n) is 1.47. The van der Waals surface area contributed by atoms with Crippen molar-refractivity contribution < 1.29 is 8.42 Å². The first-order valence-electron chi connectivity index (χ1n) is 5.31. The number of nitrogens with zero attached hydrogens (tertiary/aromatic N) is 2. The first-order valence-corrected chi connectivity index (χ1v) is 7.78. The van der Waals surface area contributed by atoms with Crippen LogP contribution in [0.4, 0.5) is 5.69 Å². The quantitative estimate of drug-likeness (QED) is 0.927. The van der Waals surface area contributed by atoms with Crippen LogP contribution >= 0.6 is 11.3 Å². The van der Waals surface area contributed by atoms with E-state index in [2.05, 4.69) is 15.5 Å². The van der Waals surface area contributed by atoms with Gasteiger partial charge in [0.25, 0.3) is 0 Å². The second kappa shape index (κ2) is 5.03. The Kier molecular flexibility index (Phi) is 3.63. The largest absolute Gasteiger partial charge is 0.388 e. The molecule has 0 unspecified atom stereocenters. The zero-order valence-electron chi connectivity index (χ0n) is 10.0. The molecule has 5 nitrogen and oxygen atoms in total. The van der Waals surface area contributed by atoms with E-state index < -0.39 is 9.84 Å². The molecule has 0 saturated heterocycles. The number of aromatic nitrogens is 2. The zero-order chi connectivity index (χ0) is 13.2. The Morgan fingerprint density at radius 1 is 1.22 bits per heavy atom. The van der Waals surface area contributed by atoms with E-state index in [1.54, 1.807) is 38.2 Å². The molecule has 0 aliphatic rings. The third-order valence-electron chi connectivity index (χ3n) is 2.38. The van der Waals surface area contributed by atoms with Gasteiger partial charge in [-0.3, -0.25) is 0 Å². The molecule has 0 spiro atoms. The van der Waals surface area contributed by atoms with Gasteiger partial charge in [-0.25, -0.2) is 8.42 Å². The van der Waals surface area contributed by atoms with Crippen molar-refractivity contribution in [1.29, 1.82) is 0 Å². The number of hydrogen-bond donors (Lipinski definition) is 1. The summed E-state index contributed by atoms with van der Waals surface area (Å²) in [5.74, 6) is -0.0998.